The van der Waals surface area contributed by atoms with Crippen LogP contribution in [0, 0.1) is 11.6 Å². The third kappa shape index (κ3) is 4.53. The number of rotatable bonds is 6. The summed E-state index contributed by atoms with van der Waals surface area (Å²) in [6, 6.07) is 10.4. The second-order valence-corrected chi connectivity index (χ2v) is 5.26. The number of benzene rings is 2. The van der Waals surface area contributed by atoms with Crippen LogP contribution in [-0.4, -0.2) is 25.5 Å². The minimum atomic E-state index is -0.910. The number of anilines is 1. The van der Waals surface area contributed by atoms with Crippen molar-refractivity contribution in [2.24, 2.45) is 0 Å². The number of methoxy groups -OCH3 is 1. The van der Waals surface area contributed by atoms with Crippen LogP contribution < -0.4 is 15.0 Å². The van der Waals surface area contributed by atoms with Crippen LogP contribution in [0.2, 0.25) is 0 Å². The molecule has 2 amide bonds. The highest BCUT2D eigenvalue weighted by atomic mass is 19.1. The number of halogens is 2. The molecule has 0 atom stereocenters. The first kappa shape index (κ1) is 18.4. The monoisotopic (exact) mass is 348 g/mol. The molecule has 2 aromatic carbocycles. The maximum Gasteiger partial charge on any atom is 0.240 e. The largest absolute Gasteiger partial charge is 0.496 e. The van der Waals surface area contributed by atoms with Crippen LogP contribution in [0.4, 0.5) is 14.5 Å². The highest BCUT2D eigenvalue weighted by Gasteiger charge is 2.22. The van der Waals surface area contributed by atoms with Crippen LogP contribution in [0.15, 0.2) is 42.5 Å². The van der Waals surface area contributed by atoms with Gasteiger partial charge in [-0.3, -0.25) is 14.5 Å². The van der Waals surface area contributed by atoms with Crippen LogP contribution in [0.1, 0.15) is 12.5 Å². The zero-order valence-corrected chi connectivity index (χ0v) is 13.9. The summed E-state index contributed by atoms with van der Waals surface area (Å²) in [7, 11) is 1.51. The maximum atomic E-state index is 13.9. The Balaban J connectivity index is 2.10. The van der Waals surface area contributed by atoms with Crippen LogP contribution >= 0.6 is 0 Å². The Morgan fingerprint density at radius 2 is 1.72 bits per heavy atom. The normalized spacial score (nSPS) is 10.2. The first-order valence-electron chi connectivity index (χ1n) is 7.54. The molecular weight excluding hydrogens is 330 g/mol. The molecule has 132 valence electrons. The summed E-state index contributed by atoms with van der Waals surface area (Å²) >= 11 is 0. The van der Waals surface area contributed by atoms with Gasteiger partial charge in [0.1, 0.15) is 29.6 Å². The lowest BCUT2D eigenvalue weighted by atomic mass is 10.2. The minimum absolute atomic E-state index is 0.161. The van der Waals surface area contributed by atoms with Gasteiger partial charge in [0.05, 0.1) is 7.11 Å². The van der Waals surface area contributed by atoms with Gasteiger partial charge in [-0.15, -0.1) is 0 Å². The van der Waals surface area contributed by atoms with Gasteiger partial charge in [-0.05, 0) is 18.2 Å². The van der Waals surface area contributed by atoms with E-state index in [-0.39, 0.29) is 6.54 Å². The second kappa shape index (κ2) is 8.23. The van der Waals surface area contributed by atoms with Gasteiger partial charge in [-0.2, -0.15) is 0 Å². The van der Waals surface area contributed by atoms with Gasteiger partial charge in [0.25, 0.3) is 0 Å². The molecule has 2 aromatic rings. The molecule has 0 aliphatic rings. The topological polar surface area (TPSA) is 58.6 Å². The zero-order chi connectivity index (χ0) is 18.4. The van der Waals surface area contributed by atoms with Crippen LogP contribution in [0.25, 0.3) is 0 Å². The van der Waals surface area contributed by atoms with E-state index in [1.165, 1.54) is 13.2 Å². The fourth-order valence-electron chi connectivity index (χ4n) is 2.34. The lowest BCUT2D eigenvalue weighted by Crippen LogP contribution is -2.40. The van der Waals surface area contributed by atoms with Gasteiger partial charge in [0, 0.05) is 19.0 Å². The summed E-state index contributed by atoms with van der Waals surface area (Å²) in [5, 5.41) is 2.61. The standard InChI is InChI=1S/C18H18F2N2O3/c1-12(23)22(18-14(19)7-5-8-15(18)20)11-17(24)21-10-13-6-3-4-9-16(13)25-2/h3-9H,10-11H2,1-2H3,(H,21,24). The summed E-state index contributed by atoms with van der Waals surface area (Å²) in [5.74, 6) is -2.41. The number of carbonyl (C=O) groups excluding carboxylic acids is 2. The number of carbonyl (C=O) groups is 2. The molecule has 0 saturated heterocycles. The average Bonchev–Trinajstić information content (AvgIpc) is 2.59. The van der Waals surface area contributed by atoms with E-state index in [1.807, 2.05) is 0 Å². The smallest absolute Gasteiger partial charge is 0.240 e. The fraction of sp³-hybridized carbons (Fsp3) is 0.222. The molecule has 0 saturated carbocycles. The van der Waals surface area contributed by atoms with Crippen molar-refractivity contribution in [3.05, 3.63) is 59.7 Å². The molecule has 0 spiro atoms. The summed E-state index contributed by atoms with van der Waals surface area (Å²) in [4.78, 5) is 24.7. The van der Waals surface area contributed by atoms with E-state index in [0.29, 0.717) is 5.75 Å². The first-order valence-corrected chi connectivity index (χ1v) is 7.54. The van der Waals surface area contributed by atoms with E-state index in [9.17, 15) is 18.4 Å². The molecule has 2 rings (SSSR count). The Hall–Kier alpha value is -2.96. The van der Waals surface area contributed by atoms with Gasteiger partial charge >= 0.3 is 0 Å². The van der Waals surface area contributed by atoms with Crippen LogP contribution in [0.3, 0.4) is 0 Å². The molecule has 0 unspecified atom stereocenters. The number of ether oxygens (including phenoxy) is 1. The predicted molar refractivity (Wildman–Crippen MR) is 89.2 cm³/mol. The second-order valence-electron chi connectivity index (χ2n) is 5.26. The molecule has 7 heteroatoms. The average molecular weight is 348 g/mol. The van der Waals surface area contributed by atoms with Crippen molar-refractivity contribution in [1.82, 2.24) is 5.32 Å². The van der Waals surface area contributed by atoms with Gasteiger partial charge in [0.2, 0.25) is 11.8 Å². The number of nitrogens with zero attached hydrogens (tertiary/aromatic N) is 1. The molecule has 0 aliphatic carbocycles. The minimum Gasteiger partial charge on any atom is -0.496 e. The van der Waals surface area contributed by atoms with E-state index in [0.717, 1.165) is 29.5 Å². The molecule has 0 bridgehead atoms. The van der Waals surface area contributed by atoms with Crippen LogP contribution in [0.5, 0.6) is 5.75 Å². The molecule has 25 heavy (non-hydrogen) atoms. The van der Waals surface area contributed by atoms with Gasteiger partial charge in [-0.25, -0.2) is 8.78 Å². The van der Waals surface area contributed by atoms with Crippen molar-refractivity contribution in [1.29, 1.82) is 0 Å². The third-order valence-corrected chi connectivity index (χ3v) is 3.56. The lowest BCUT2D eigenvalue weighted by molar-refractivity contribution is -0.123. The van der Waals surface area contributed by atoms with Crippen molar-refractivity contribution in [2.45, 2.75) is 13.5 Å². The van der Waals surface area contributed by atoms with Gasteiger partial charge < -0.3 is 10.1 Å². The van der Waals surface area contributed by atoms with Gasteiger partial charge in [-0.1, -0.05) is 24.3 Å². The summed E-state index contributed by atoms with van der Waals surface area (Å²) in [6.07, 6.45) is 0. The van der Waals surface area contributed by atoms with E-state index < -0.39 is 35.7 Å². The van der Waals surface area contributed by atoms with Crippen molar-refractivity contribution in [3.8, 4) is 5.75 Å². The molecule has 0 radical (unpaired) electrons. The van der Waals surface area contributed by atoms with E-state index in [2.05, 4.69) is 5.32 Å². The molecule has 1 N–H and O–H groups in total. The Morgan fingerprint density at radius 3 is 2.32 bits per heavy atom. The van der Waals surface area contributed by atoms with Crippen molar-refractivity contribution in [3.63, 3.8) is 0 Å². The van der Waals surface area contributed by atoms with Crippen molar-refractivity contribution in [2.75, 3.05) is 18.6 Å². The maximum absolute atomic E-state index is 13.9. The Morgan fingerprint density at radius 1 is 1.08 bits per heavy atom. The molecule has 0 heterocycles. The highest BCUT2D eigenvalue weighted by Crippen LogP contribution is 2.23. The lowest BCUT2D eigenvalue weighted by Gasteiger charge is -2.21. The molecule has 0 aliphatic heterocycles. The molecular formula is C18H18F2N2O3. The van der Waals surface area contributed by atoms with Crippen molar-refractivity contribution >= 4 is 17.5 Å². The molecule has 0 fully saturated rings. The first-order chi connectivity index (χ1) is 11.9. The van der Waals surface area contributed by atoms with E-state index in [1.54, 1.807) is 24.3 Å². The van der Waals surface area contributed by atoms with E-state index in [4.69, 9.17) is 4.74 Å². The number of hydrogen-bond acceptors (Lipinski definition) is 3. The number of hydrogen-bond donors (Lipinski definition) is 1. The van der Waals surface area contributed by atoms with Gasteiger partial charge in [0.15, 0.2) is 0 Å². The molecule has 5 nitrogen and oxygen atoms in total. The quantitative estimate of drug-likeness (QED) is 0.873. The number of amides is 2. The number of para-hydroxylation sites is 2. The Bertz CT molecular complexity index is 760. The zero-order valence-electron chi connectivity index (χ0n) is 13.9. The number of nitrogens with one attached hydrogen (secondary N) is 1. The van der Waals surface area contributed by atoms with Crippen molar-refractivity contribution < 1.29 is 23.1 Å². The third-order valence-electron chi connectivity index (χ3n) is 3.56. The van der Waals surface area contributed by atoms with E-state index >= 15 is 0 Å². The summed E-state index contributed by atoms with van der Waals surface area (Å²) in [5.41, 5.74) is 0.201. The highest BCUT2D eigenvalue weighted by molar-refractivity contribution is 5.97. The Kier molecular flexibility index (Phi) is 6.05. The summed E-state index contributed by atoms with van der Waals surface area (Å²) < 4.78 is 32.9. The molecule has 0 aromatic heterocycles. The fourth-order valence-corrected chi connectivity index (χ4v) is 2.34. The SMILES string of the molecule is COc1ccccc1CNC(=O)CN(C(C)=O)c1c(F)cccc1F. The summed E-state index contributed by atoms with van der Waals surface area (Å²) in [6.45, 7) is 0.802. The van der Waals surface area contributed by atoms with Crippen LogP contribution in [-0.2, 0) is 16.1 Å². The predicted octanol–water partition coefficient (Wildman–Crippen LogP) is 2.64. The Labute approximate surface area is 144 Å².